The van der Waals surface area contributed by atoms with Crippen molar-refractivity contribution in [1.29, 1.82) is 0 Å². The summed E-state index contributed by atoms with van der Waals surface area (Å²) in [6.07, 6.45) is 1.45. The van der Waals surface area contributed by atoms with Crippen LogP contribution in [0.4, 0.5) is 14.5 Å². The zero-order valence-electron chi connectivity index (χ0n) is 13.1. The molecular weight excluding hydrogens is 332 g/mol. The number of nitrogens with zero attached hydrogens (tertiary/aromatic N) is 2. The highest BCUT2D eigenvalue weighted by Crippen LogP contribution is 2.18. The summed E-state index contributed by atoms with van der Waals surface area (Å²) in [6.45, 7) is 1.42. The fourth-order valence-corrected chi connectivity index (χ4v) is 2.20. The summed E-state index contributed by atoms with van der Waals surface area (Å²) in [5.41, 5.74) is -0.467. The molecule has 0 aliphatic rings. The van der Waals surface area contributed by atoms with Crippen LogP contribution in [0.3, 0.4) is 0 Å². The topological polar surface area (TPSA) is 77.1 Å². The number of nitrogens with one attached hydrogen (secondary N) is 1. The van der Waals surface area contributed by atoms with E-state index >= 15 is 0 Å². The molecule has 0 saturated carbocycles. The number of hydrogen-bond acceptors (Lipinski definition) is 4. The van der Waals surface area contributed by atoms with Crippen LogP contribution < -0.4 is 10.9 Å². The Balaban J connectivity index is 1.88. The Morgan fingerprint density at radius 2 is 2.04 bits per heavy atom. The van der Waals surface area contributed by atoms with E-state index in [1.54, 1.807) is 12.1 Å². The molecule has 0 fully saturated rings. The minimum Gasteiger partial charge on any atom is -0.463 e. The summed E-state index contributed by atoms with van der Waals surface area (Å²) >= 11 is 0. The van der Waals surface area contributed by atoms with Crippen molar-refractivity contribution in [3.63, 3.8) is 0 Å². The van der Waals surface area contributed by atoms with Crippen molar-refractivity contribution >= 4 is 11.6 Å². The first-order valence-corrected chi connectivity index (χ1v) is 7.35. The number of carbonyl (C=O) groups excluding carboxylic acids is 1. The van der Waals surface area contributed by atoms with E-state index in [2.05, 4.69) is 10.4 Å². The Labute approximate surface area is 140 Å². The Morgan fingerprint density at radius 1 is 1.24 bits per heavy atom. The number of amides is 1. The molecule has 0 radical (unpaired) electrons. The molecule has 0 spiro atoms. The van der Waals surface area contributed by atoms with E-state index in [1.807, 2.05) is 0 Å². The van der Waals surface area contributed by atoms with Crippen LogP contribution in [0.5, 0.6) is 0 Å². The van der Waals surface area contributed by atoms with Crippen LogP contribution in [0.1, 0.15) is 13.0 Å². The number of rotatable bonds is 4. The van der Waals surface area contributed by atoms with Crippen LogP contribution in [0.2, 0.25) is 0 Å². The molecule has 3 rings (SSSR count). The molecule has 2 heterocycles. The second-order valence-electron chi connectivity index (χ2n) is 5.27. The van der Waals surface area contributed by atoms with Crippen molar-refractivity contribution in [2.45, 2.75) is 13.0 Å². The molecule has 8 heteroatoms. The maximum atomic E-state index is 13.6. The van der Waals surface area contributed by atoms with Gasteiger partial charge in [-0.15, -0.1) is 0 Å². The third-order valence-corrected chi connectivity index (χ3v) is 3.53. The minimum atomic E-state index is -1.05. The van der Waals surface area contributed by atoms with Gasteiger partial charge in [0.15, 0.2) is 5.76 Å². The van der Waals surface area contributed by atoms with Crippen LogP contribution in [0.25, 0.3) is 11.5 Å². The first-order valence-electron chi connectivity index (χ1n) is 7.35. The van der Waals surface area contributed by atoms with Gasteiger partial charge in [-0.3, -0.25) is 9.59 Å². The lowest BCUT2D eigenvalue weighted by molar-refractivity contribution is -0.119. The molecule has 0 aliphatic heterocycles. The van der Waals surface area contributed by atoms with Gasteiger partial charge < -0.3 is 9.73 Å². The van der Waals surface area contributed by atoms with Gasteiger partial charge in [-0.1, -0.05) is 0 Å². The summed E-state index contributed by atoms with van der Waals surface area (Å²) in [7, 11) is 0. The Kier molecular flexibility index (Phi) is 4.42. The van der Waals surface area contributed by atoms with Crippen LogP contribution in [-0.2, 0) is 4.79 Å². The second-order valence-corrected chi connectivity index (χ2v) is 5.27. The molecule has 0 aliphatic carbocycles. The number of aromatic nitrogens is 2. The minimum absolute atomic E-state index is 0.313. The van der Waals surface area contributed by atoms with Crippen LogP contribution in [-0.4, -0.2) is 15.7 Å². The third kappa shape index (κ3) is 3.47. The van der Waals surface area contributed by atoms with Gasteiger partial charge >= 0.3 is 0 Å². The Bertz CT molecular complexity index is 968. The molecule has 0 unspecified atom stereocenters. The molecular formula is C17H13F2N3O3. The predicted octanol–water partition coefficient (Wildman–Crippen LogP) is 2.98. The molecule has 1 atom stereocenters. The van der Waals surface area contributed by atoms with Gasteiger partial charge in [0, 0.05) is 12.1 Å². The zero-order valence-corrected chi connectivity index (χ0v) is 13.1. The lowest BCUT2D eigenvalue weighted by Crippen LogP contribution is -2.33. The van der Waals surface area contributed by atoms with Crippen molar-refractivity contribution in [3.8, 4) is 11.5 Å². The maximum Gasteiger partial charge on any atom is 0.267 e. The van der Waals surface area contributed by atoms with Gasteiger partial charge in [0.2, 0.25) is 5.91 Å². The molecule has 3 aromatic rings. The quantitative estimate of drug-likeness (QED) is 0.789. The lowest BCUT2D eigenvalue weighted by atomic mass is 10.2. The molecule has 25 heavy (non-hydrogen) atoms. The van der Waals surface area contributed by atoms with Gasteiger partial charge in [0.25, 0.3) is 5.56 Å². The number of benzene rings is 1. The van der Waals surface area contributed by atoms with E-state index in [0.29, 0.717) is 11.5 Å². The smallest absolute Gasteiger partial charge is 0.267 e. The van der Waals surface area contributed by atoms with Gasteiger partial charge in [-0.05, 0) is 37.3 Å². The van der Waals surface area contributed by atoms with Crippen LogP contribution >= 0.6 is 0 Å². The normalized spacial score (nSPS) is 12.0. The van der Waals surface area contributed by atoms with Crippen LogP contribution in [0.15, 0.2) is 57.9 Å². The average Bonchev–Trinajstić information content (AvgIpc) is 3.12. The maximum absolute atomic E-state index is 13.6. The summed E-state index contributed by atoms with van der Waals surface area (Å²) in [5, 5.41) is 6.35. The molecule has 1 N–H and O–H groups in total. The lowest BCUT2D eigenvalue weighted by Gasteiger charge is -2.15. The summed E-state index contributed by atoms with van der Waals surface area (Å²) in [4.78, 5) is 24.3. The first kappa shape index (κ1) is 16.6. The Hall–Kier alpha value is -3.29. The highest BCUT2D eigenvalue weighted by Gasteiger charge is 2.20. The number of hydrogen-bond donors (Lipinski definition) is 1. The fourth-order valence-electron chi connectivity index (χ4n) is 2.20. The van der Waals surface area contributed by atoms with E-state index in [4.69, 9.17) is 4.42 Å². The van der Waals surface area contributed by atoms with Crippen molar-refractivity contribution in [2.75, 3.05) is 5.32 Å². The summed E-state index contributed by atoms with van der Waals surface area (Å²) < 4.78 is 33.0. The van der Waals surface area contributed by atoms with E-state index in [9.17, 15) is 18.4 Å². The van der Waals surface area contributed by atoms with Crippen molar-refractivity contribution in [3.05, 3.63) is 70.7 Å². The number of carbonyl (C=O) groups is 1. The van der Waals surface area contributed by atoms with E-state index < -0.39 is 29.1 Å². The Morgan fingerprint density at radius 3 is 2.76 bits per heavy atom. The summed E-state index contributed by atoms with van der Waals surface area (Å²) in [6, 6.07) is 7.68. The average molecular weight is 345 g/mol. The van der Waals surface area contributed by atoms with Crippen molar-refractivity contribution < 1.29 is 18.0 Å². The molecule has 2 aromatic heterocycles. The van der Waals surface area contributed by atoms with Gasteiger partial charge in [0.05, 0.1) is 12.0 Å². The molecule has 0 bridgehead atoms. The first-order chi connectivity index (χ1) is 12.0. The molecule has 1 amide bonds. The van der Waals surface area contributed by atoms with Gasteiger partial charge in [-0.25, -0.2) is 13.5 Å². The van der Waals surface area contributed by atoms with Crippen molar-refractivity contribution in [2.24, 2.45) is 0 Å². The molecule has 6 nitrogen and oxygen atoms in total. The van der Waals surface area contributed by atoms with E-state index in [1.165, 1.54) is 25.3 Å². The molecule has 1 aromatic carbocycles. The summed E-state index contributed by atoms with van der Waals surface area (Å²) in [5.74, 6) is -1.76. The standard InChI is InChI=1S/C17H13F2N3O3/c1-10(17(24)20-14-9-11(18)4-5-12(14)19)22-16(23)7-6-13(21-22)15-3-2-8-25-15/h2-10H,1H3,(H,20,24)/t10-/m1/s1. The molecule has 0 saturated heterocycles. The highest BCUT2D eigenvalue weighted by molar-refractivity contribution is 5.93. The SMILES string of the molecule is C[C@H](C(=O)Nc1cc(F)ccc1F)n1nc(-c2ccco2)ccc1=O. The highest BCUT2D eigenvalue weighted by atomic mass is 19.1. The van der Waals surface area contributed by atoms with E-state index in [-0.39, 0.29) is 5.69 Å². The number of furan rings is 1. The monoisotopic (exact) mass is 345 g/mol. The predicted molar refractivity (Wildman–Crippen MR) is 85.9 cm³/mol. The largest absolute Gasteiger partial charge is 0.463 e. The second kappa shape index (κ2) is 6.68. The third-order valence-electron chi connectivity index (χ3n) is 3.53. The van der Waals surface area contributed by atoms with Crippen molar-refractivity contribution in [1.82, 2.24) is 9.78 Å². The number of halogens is 2. The zero-order chi connectivity index (χ0) is 18.0. The van der Waals surface area contributed by atoms with Gasteiger partial charge in [0.1, 0.15) is 23.4 Å². The number of anilines is 1. The molecule has 128 valence electrons. The van der Waals surface area contributed by atoms with Gasteiger partial charge in [-0.2, -0.15) is 5.10 Å². The van der Waals surface area contributed by atoms with Crippen LogP contribution in [0, 0.1) is 11.6 Å². The van der Waals surface area contributed by atoms with E-state index in [0.717, 1.165) is 22.9 Å². The fraction of sp³-hybridized carbons (Fsp3) is 0.118.